The zero-order valence-electron chi connectivity index (χ0n) is 17.3. The summed E-state index contributed by atoms with van der Waals surface area (Å²) in [5.41, 5.74) is 2.80. The number of hydrogen-bond acceptors (Lipinski definition) is 7. The van der Waals surface area contributed by atoms with E-state index in [4.69, 9.17) is 9.57 Å². The van der Waals surface area contributed by atoms with Crippen molar-refractivity contribution in [3.63, 3.8) is 0 Å². The topological polar surface area (TPSA) is 116 Å². The zero-order chi connectivity index (χ0) is 22.0. The molecule has 0 aliphatic rings. The lowest BCUT2D eigenvalue weighted by molar-refractivity contribution is 0.151. The summed E-state index contributed by atoms with van der Waals surface area (Å²) in [5, 5.41) is 3.68. The molecule has 2 aromatic heterocycles. The number of hydrogen-bond donors (Lipinski definition) is 1. The third-order valence-electron chi connectivity index (χ3n) is 4.41. The quantitative estimate of drug-likeness (QED) is 0.378. The maximum Gasteiger partial charge on any atom is 0.446 e. The van der Waals surface area contributed by atoms with Crippen molar-refractivity contribution in [1.82, 2.24) is 14.5 Å². The van der Waals surface area contributed by atoms with Gasteiger partial charge in [0.05, 0.1) is 40.4 Å². The first kappa shape index (κ1) is 21.4. The lowest BCUT2D eigenvalue weighted by Gasteiger charge is -2.08. The Morgan fingerprint density at radius 1 is 1.30 bits per heavy atom. The minimum atomic E-state index is -1.76. The van der Waals surface area contributed by atoms with Gasteiger partial charge in [-0.25, -0.2) is 14.3 Å². The predicted octanol–water partition coefficient (Wildman–Crippen LogP) is 3.04. The Labute approximate surface area is 175 Å². The van der Waals surface area contributed by atoms with Crippen LogP contribution in [0.4, 0.5) is 4.79 Å². The second-order valence-electron chi connectivity index (χ2n) is 6.87. The molecule has 0 aliphatic heterocycles. The highest BCUT2D eigenvalue weighted by Gasteiger charge is 2.24. The van der Waals surface area contributed by atoms with Gasteiger partial charge in [0.25, 0.3) is 0 Å². The van der Waals surface area contributed by atoms with Crippen molar-refractivity contribution in [2.75, 3.05) is 7.11 Å². The molecule has 0 radical (unpaired) electrons. The molecule has 9 nitrogen and oxygen atoms in total. The van der Waals surface area contributed by atoms with Gasteiger partial charge >= 0.3 is 6.09 Å². The van der Waals surface area contributed by atoms with Gasteiger partial charge in [-0.05, 0) is 39.8 Å². The number of methoxy groups -OCH3 is 1. The van der Waals surface area contributed by atoms with E-state index in [2.05, 4.69) is 15.1 Å². The van der Waals surface area contributed by atoms with Crippen LogP contribution < -0.4 is 10.2 Å². The molecule has 0 bridgehead atoms. The molecule has 0 saturated carbocycles. The lowest BCUT2D eigenvalue weighted by atomic mass is 10.2. The number of imidazole rings is 1. The summed E-state index contributed by atoms with van der Waals surface area (Å²) < 4.78 is 19.5. The maximum absolute atomic E-state index is 13.2. The molecule has 0 aliphatic carbocycles. The van der Waals surface area contributed by atoms with Gasteiger partial charge in [0.15, 0.2) is 5.43 Å². The van der Waals surface area contributed by atoms with E-state index >= 15 is 0 Å². The summed E-state index contributed by atoms with van der Waals surface area (Å²) in [6, 6.07) is 4.92. The Hall–Kier alpha value is -3.27. The van der Waals surface area contributed by atoms with E-state index in [0.29, 0.717) is 39.3 Å². The second-order valence-corrected chi connectivity index (χ2v) is 8.22. The molecular weight excluding hydrogens is 408 g/mol. The monoisotopic (exact) mass is 430 g/mol. The Balaban J connectivity index is 2.09. The third kappa shape index (κ3) is 4.18. The van der Waals surface area contributed by atoms with E-state index in [0.717, 1.165) is 4.57 Å². The number of pyridine rings is 1. The highest BCUT2D eigenvalue weighted by molar-refractivity contribution is 7.84. The molecule has 158 valence electrons. The van der Waals surface area contributed by atoms with Crippen LogP contribution in [0.5, 0.6) is 5.75 Å². The van der Waals surface area contributed by atoms with Crippen LogP contribution in [-0.2, 0) is 21.4 Å². The fourth-order valence-corrected chi connectivity index (χ4v) is 4.08. The van der Waals surface area contributed by atoms with Crippen LogP contribution in [0.15, 0.2) is 39.5 Å². The fourth-order valence-electron chi connectivity index (χ4n) is 2.81. The summed E-state index contributed by atoms with van der Waals surface area (Å²) in [7, 11) is -0.241. The van der Waals surface area contributed by atoms with Gasteiger partial charge < -0.3 is 9.72 Å². The van der Waals surface area contributed by atoms with E-state index in [9.17, 15) is 13.8 Å². The van der Waals surface area contributed by atoms with E-state index in [-0.39, 0.29) is 16.3 Å². The van der Waals surface area contributed by atoms with E-state index in [1.807, 2.05) is 0 Å². The Morgan fingerprint density at radius 3 is 2.70 bits per heavy atom. The van der Waals surface area contributed by atoms with Crippen molar-refractivity contribution in [1.29, 1.82) is 0 Å². The summed E-state index contributed by atoms with van der Waals surface area (Å²) in [5.74, 6) is 0.518. The molecule has 1 atom stereocenters. The summed E-state index contributed by atoms with van der Waals surface area (Å²) in [6.45, 7) is 6.73. The Morgan fingerprint density at radius 2 is 2.03 bits per heavy atom. The van der Waals surface area contributed by atoms with Crippen molar-refractivity contribution in [3.05, 3.63) is 51.4 Å². The molecule has 2 heterocycles. The van der Waals surface area contributed by atoms with Crippen molar-refractivity contribution in [2.24, 2.45) is 5.16 Å². The minimum absolute atomic E-state index is 0.00645. The van der Waals surface area contributed by atoms with Crippen LogP contribution in [-0.4, -0.2) is 37.7 Å². The first-order valence-corrected chi connectivity index (χ1v) is 10.4. The summed E-state index contributed by atoms with van der Waals surface area (Å²) in [6.07, 6.45) is 0.740. The SMILES string of the molecule is COc1ccc2c(c1)nc(S(=O)Cc1[nH]cc(C)c(=O)c1C)n2C(=O)ON=C(C)C. The fraction of sp³-hybridized carbons (Fsp3) is 0.300. The smallest absolute Gasteiger partial charge is 0.446 e. The van der Waals surface area contributed by atoms with E-state index in [1.54, 1.807) is 52.1 Å². The average molecular weight is 430 g/mol. The van der Waals surface area contributed by atoms with E-state index < -0.39 is 16.9 Å². The molecule has 0 spiro atoms. The second kappa shape index (κ2) is 8.62. The number of rotatable bonds is 5. The van der Waals surface area contributed by atoms with Gasteiger partial charge in [0.1, 0.15) is 5.75 Å². The molecule has 0 saturated heterocycles. The van der Waals surface area contributed by atoms with Crippen molar-refractivity contribution in [3.8, 4) is 5.75 Å². The molecule has 1 unspecified atom stereocenters. The number of carbonyl (C=O) groups excluding carboxylic acids is 1. The molecule has 0 fully saturated rings. The molecular formula is C20H22N4O5S. The van der Waals surface area contributed by atoms with Crippen LogP contribution in [0, 0.1) is 13.8 Å². The van der Waals surface area contributed by atoms with Crippen molar-refractivity contribution >= 4 is 33.6 Å². The number of H-pyrrole nitrogens is 1. The normalized spacial score (nSPS) is 11.9. The number of aryl methyl sites for hydroxylation is 1. The van der Waals surface area contributed by atoms with Crippen LogP contribution in [0.3, 0.4) is 0 Å². The Bertz CT molecular complexity index is 1240. The van der Waals surface area contributed by atoms with Crippen LogP contribution in [0.1, 0.15) is 30.7 Å². The minimum Gasteiger partial charge on any atom is -0.497 e. The standard InChI is InChI=1S/C20H22N4O5S/c1-11(2)23-29-20(26)24-17-7-6-14(28-5)8-15(17)22-19(24)30(27)10-16-13(4)18(25)12(3)9-21-16/h6-9H,10H2,1-5H3,(H,21,25). The molecule has 1 aromatic carbocycles. The third-order valence-corrected chi connectivity index (χ3v) is 5.65. The van der Waals surface area contributed by atoms with Crippen molar-refractivity contribution in [2.45, 2.75) is 38.6 Å². The summed E-state index contributed by atoms with van der Waals surface area (Å²) in [4.78, 5) is 37.2. The number of ether oxygens (including phenoxy) is 1. The first-order valence-electron chi connectivity index (χ1n) is 9.08. The molecule has 3 rings (SSSR count). The van der Waals surface area contributed by atoms with Crippen LogP contribution in [0.25, 0.3) is 11.0 Å². The van der Waals surface area contributed by atoms with Gasteiger partial charge in [-0.1, -0.05) is 5.16 Å². The molecule has 1 N–H and O–H groups in total. The zero-order valence-corrected chi connectivity index (χ0v) is 18.1. The van der Waals surface area contributed by atoms with Crippen molar-refractivity contribution < 1.29 is 18.6 Å². The van der Waals surface area contributed by atoms with E-state index in [1.165, 1.54) is 7.11 Å². The maximum atomic E-state index is 13.2. The Kier molecular flexibility index (Phi) is 6.16. The molecule has 0 amide bonds. The average Bonchev–Trinajstić information content (AvgIpc) is 3.11. The number of aromatic amines is 1. The van der Waals surface area contributed by atoms with Gasteiger partial charge in [-0.2, -0.15) is 0 Å². The van der Waals surface area contributed by atoms with Gasteiger partial charge in [0.2, 0.25) is 5.16 Å². The highest BCUT2D eigenvalue weighted by Crippen LogP contribution is 2.25. The molecule has 10 heteroatoms. The summed E-state index contributed by atoms with van der Waals surface area (Å²) >= 11 is 0. The van der Waals surface area contributed by atoms with Crippen LogP contribution in [0.2, 0.25) is 0 Å². The largest absolute Gasteiger partial charge is 0.497 e. The number of nitrogens with zero attached hydrogens (tertiary/aromatic N) is 3. The number of nitrogens with one attached hydrogen (secondary N) is 1. The highest BCUT2D eigenvalue weighted by atomic mass is 32.2. The van der Waals surface area contributed by atoms with Gasteiger partial charge in [-0.3, -0.25) is 13.8 Å². The van der Waals surface area contributed by atoms with Crippen LogP contribution >= 0.6 is 0 Å². The number of carbonyl (C=O) groups is 1. The number of fused-ring (bicyclic) bond motifs is 1. The number of benzene rings is 1. The number of oxime groups is 1. The van der Waals surface area contributed by atoms with Gasteiger partial charge in [-0.15, -0.1) is 0 Å². The predicted molar refractivity (Wildman–Crippen MR) is 114 cm³/mol. The lowest BCUT2D eigenvalue weighted by Crippen LogP contribution is -2.18. The number of aromatic nitrogens is 3. The molecule has 30 heavy (non-hydrogen) atoms. The first-order chi connectivity index (χ1) is 14.2. The van der Waals surface area contributed by atoms with Gasteiger partial charge in [0, 0.05) is 29.1 Å². The molecule has 3 aromatic rings.